The van der Waals surface area contributed by atoms with Gasteiger partial charge in [-0.3, -0.25) is 0 Å². The van der Waals surface area contributed by atoms with Crippen LogP contribution >= 0.6 is 0 Å². The van der Waals surface area contributed by atoms with Crippen molar-refractivity contribution >= 4 is 16.5 Å². The summed E-state index contributed by atoms with van der Waals surface area (Å²) < 4.78 is 0. The topological polar surface area (TPSA) is 52.5 Å². The van der Waals surface area contributed by atoms with E-state index < -0.39 is 0 Å². The molecule has 25 heavy (non-hydrogen) atoms. The molecule has 138 valence electrons. The van der Waals surface area contributed by atoms with Crippen LogP contribution < -0.4 is 5.32 Å². The number of aromatic hydroxyl groups is 2. The highest BCUT2D eigenvalue weighted by Crippen LogP contribution is 2.34. The maximum Gasteiger partial charge on any atom is 0.165 e. The molecular formula is C22H33NO2. The largest absolute Gasteiger partial charge is 0.504 e. The van der Waals surface area contributed by atoms with E-state index in [-0.39, 0.29) is 11.5 Å². The lowest BCUT2D eigenvalue weighted by Gasteiger charge is -2.09. The standard InChI is InChI=1S/C22H33NO2/c1-2-3-4-5-6-7-8-9-10-11-16-23-19-14-12-18-13-15-21(24)22(25)20(18)17-19/h12-15,17,23-25H,2-11,16H2,1H3. The molecule has 0 aliphatic carbocycles. The zero-order valence-corrected chi connectivity index (χ0v) is 15.6. The number of anilines is 1. The molecule has 3 nitrogen and oxygen atoms in total. The minimum atomic E-state index is -0.0701. The molecule has 0 aromatic heterocycles. The molecule has 0 aliphatic rings. The quantitative estimate of drug-likeness (QED) is 0.301. The number of nitrogens with one attached hydrogen (secondary N) is 1. The van der Waals surface area contributed by atoms with E-state index in [4.69, 9.17) is 0 Å². The maximum atomic E-state index is 9.97. The second-order valence-corrected chi connectivity index (χ2v) is 6.98. The fourth-order valence-corrected chi connectivity index (χ4v) is 3.25. The van der Waals surface area contributed by atoms with Crippen molar-refractivity contribution in [1.82, 2.24) is 0 Å². The monoisotopic (exact) mass is 343 g/mol. The van der Waals surface area contributed by atoms with Gasteiger partial charge in [-0.25, -0.2) is 0 Å². The summed E-state index contributed by atoms with van der Waals surface area (Å²) in [5.41, 5.74) is 0.990. The van der Waals surface area contributed by atoms with E-state index in [0.29, 0.717) is 5.39 Å². The Labute approximate surface area is 152 Å². The summed E-state index contributed by atoms with van der Waals surface area (Å²) >= 11 is 0. The highest BCUT2D eigenvalue weighted by atomic mass is 16.3. The fraction of sp³-hybridized carbons (Fsp3) is 0.545. The Bertz CT molecular complexity index is 639. The van der Waals surface area contributed by atoms with Crippen LogP contribution in [0.3, 0.4) is 0 Å². The Morgan fingerprint density at radius 3 is 2.04 bits per heavy atom. The summed E-state index contributed by atoms with van der Waals surface area (Å²) in [6.45, 7) is 3.21. The molecule has 0 bridgehead atoms. The van der Waals surface area contributed by atoms with Gasteiger partial charge >= 0.3 is 0 Å². The van der Waals surface area contributed by atoms with Crippen LogP contribution in [0.2, 0.25) is 0 Å². The molecule has 2 aromatic rings. The third-order valence-electron chi connectivity index (χ3n) is 4.83. The normalized spacial score (nSPS) is 11.1. The lowest BCUT2D eigenvalue weighted by molar-refractivity contribution is 0.408. The van der Waals surface area contributed by atoms with E-state index in [9.17, 15) is 10.2 Å². The average molecular weight is 344 g/mol. The van der Waals surface area contributed by atoms with Gasteiger partial charge in [0.05, 0.1) is 0 Å². The predicted octanol–water partition coefficient (Wildman–Crippen LogP) is 6.58. The first-order chi connectivity index (χ1) is 12.2. The van der Waals surface area contributed by atoms with Crippen LogP contribution in [0.5, 0.6) is 11.5 Å². The minimum absolute atomic E-state index is 0.0416. The molecule has 0 aliphatic heterocycles. The minimum Gasteiger partial charge on any atom is -0.504 e. The van der Waals surface area contributed by atoms with Crippen molar-refractivity contribution in [3.05, 3.63) is 30.3 Å². The second kappa shape index (κ2) is 10.9. The third-order valence-corrected chi connectivity index (χ3v) is 4.83. The number of hydrogen-bond acceptors (Lipinski definition) is 3. The Morgan fingerprint density at radius 1 is 0.760 bits per heavy atom. The van der Waals surface area contributed by atoms with Gasteiger partial charge in [0.2, 0.25) is 0 Å². The number of unbranched alkanes of at least 4 members (excludes halogenated alkanes) is 9. The van der Waals surface area contributed by atoms with Gasteiger partial charge < -0.3 is 15.5 Å². The van der Waals surface area contributed by atoms with Crippen LogP contribution in [0.25, 0.3) is 10.8 Å². The van der Waals surface area contributed by atoms with Crippen LogP contribution in [0.4, 0.5) is 5.69 Å². The van der Waals surface area contributed by atoms with Crippen LogP contribution in [0, 0.1) is 0 Å². The summed E-state index contributed by atoms with van der Waals surface area (Å²) in [5, 5.41) is 24.6. The summed E-state index contributed by atoms with van der Waals surface area (Å²) in [5.74, 6) is -0.112. The zero-order valence-electron chi connectivity index (χ0n) is 15.6. The molecule has 0 spiro atoms. The predicted molar refractivity (Wildman–Crippen MR) is 108 cm³/mol. The highest BCUT2D eigenvalue weighted by Gasteiger charge is 2.05. The fourth-order valence-electron chi connectivity index (χ4n) is 3.25. The zero-order chi connectivity index (χ0) is 17.9. The number of rotatable bonds is 12. The third kappa shape index (κ3) is 6.49. The van der Waals surface area contributed by atoms with E-state index in [1.54, 1.807) is 0 Å². The molecule has 0 saturated heterocycles. The smallest absolute Gasteiger partial charge is 0.165 e. The van der Waals surface area contributed by atoms with Crippen molar-refractivity contribution in [3.63, 3.8) is 0 Å². The Balaban J connectivity index is 1.61. The van der Waals surface area contributed by atoms with E-state index in [2.05, 4.69) is 12.2 Å². The summed E-state index contributed by atoms with van der Waals surface area (Å²) in [7, 11) is 0. The van der Waals surface area contributed by atoms with Crippen LogP contribution in [0.1, 0.15) is 71.1 Å². The van der Waals surface area contributed by atoms with Crippen LogP contribution in [-0.2, 0) is 0 Å². The van der Waals surface area contributed by atoms with Gasteiger partial charge in [-0.1, -0.05) is 76.8 Å². The van der Waals surface area contributed by atoms with Crippen molar-refractivity contribution in [2.24, 2.45) is 0 Å². The first kappa shape index (κ1) is 19.4. The molecule has 0 heterocycles. The van der Waals surface area contributed by atoms with Gasteiger partial charge in [-0.05, 0) is 30.0 Å². The molecule has 0 radical (unpaired) electrons. The molecule has 0 fully saturated rings. The summed E-state index contributed by atoms with van der Waals surface area (Å²) in [4.78, 5) is 0. The van der Waals surface area contributed by atoms with Crippen LogP contribution in [0.15, 0.2) is 30.3 Å². The van der Waals surface area contributed by atoms with Crippen molar-refractivity contribution in [3.8, 4) is 11.5 Å². The van der Waals surface area contributed by atoms with Crippen molar-refractivity contribution in [1.29, 1.82) is 0 Å². The first-order valence-corrected chi connectivity index (χ1v) is 9.91. The van der Waals surface area contributed by atoms with Crippen LogP contribution in [-0.4, -0.2) is 16.8 Å². The van der Waals surface area contributed by atoms with Crippen molar-refractivity contribution in [2.45, 2.75) is 71.1 Å². The van der Waals surface area contributed by atoms with E-state index in [1.807, 2.05) is 24.3 Å². The molecule has 0 amide bonds. The summed E-state index contributed by atoms with van der Waals surface area (Å²) in [6.07, 6.45) is 13.4. The second-order valence-electron chi connectivity index (χ2n) is 6.98. The van der Waals surface area contributed by atoms with Gasteiger partial charge in [-0.15, -0.1) is 0 Å². The molecule has 0 unspecified atom stereocenters. The molecule has 2 rings (SSSR count). The average Bonchev–Trinajstić information content (AvgIpc) is 2.63. The van der Waals surface area contributed by atoms with Gasteiger partial charge in [0.25, 0.3) is 0 Å². The molecule has 2 aromatic carbocycles. The van der Waals surface area contributed by atoms with Gasteiger partial charge in [0.1, 0.15) is 0 Å². The van der Waals surface area contributed by atoms with Crippen molar-refractivity contribution < 1.29 is 10.2 Å². The van der Waals surface area contributed by atoms with E-state index in [0.717, 1.165) is 17.6 Å². The molecule has 0 saturated carbocycles. The molecular weight excluding hydrogens is 310 g/mol. The number of hydrogen-bond donors (Lipinski definition) is 3. The first-order valence-electron chi connectivity index (χ1n) is 9.91. The lowest BCUT2D eigenvalue weighted by Crippen LogP contribution is -2.01. The molecule has 3 N–H and O–H groups in total. The number of fused-ring (bicyclic) bond motifs is 1. The lowest BCUT2D eigenvalue weighted by atomic mass is 10.1. The van der Waals surface area contributed by atoms with Gasteiger partial charge in [0.15, 0.2) is 11.5 Å². The van der Waals surface area contributed by atoms with E-state index in [1.165, 1.54) is 70.3 Å². The Hall–Kier alpha value is -1.90. The number of benzene rings is 2. The highest BCUT2D eigenvalue weighted by molar-refractivity contribution is 5.92. The number of phenols is 2. The van der Waals surface area contributed by atoms with Gasteiger partial charge in [-0.2, -0.15) is 0 Å². The summed E-state index contributed by atoms with van der Waals surface area (Å²) in [6, 6.07) is 9.23. The van der Waals surface area contributed by atoms with Gasteiger partial charge in [0, 0.05) is 17.6 Å². The Morgan fingerprint density at radius 2 is 1.36 bits per heavy atom. The maximum absolute atomic E-state index is 9.97. The molecule has 3 heteroatoms. The Kier molecular flexibility index (Phi) is 8.44. The SMILES string of the molecule is CCCCCCCCCCCCNc1ccc2ccc(O)c(O)c2c1. The number of phenolic OH excluding ortho intramolecular Hbond substituents is 2. The van der Waals surface area contributed by atoms with Crippen molar-refractivity contribution in [2.75, 3.05) is 11.9 Å². The molecule has 0 atom stereocenters. The van der Waals surface area contributed by atoms with E-state index >= 15 is 0 Å².